The lowest BCUT2D eigenvalue weighted by molar-refractivity contribution is -0.144. The first-order valence-electron chi connectivity index (χ1n) is 5.32. The van der Waals surface area contributed by atoms with Crippen LogP contribution in [0.4, 0.5) is 4.39 Å². The lowest BCUT2D eigenvalue weighted by Crippen LogP contribution is -2.22. The van der Waals surface area contributed by atoms with Crippen molar-refractivity contribution in [2.75, 3.05) is 6.61 Å². The normalized spacial score (nSPS) is 9.85. The number of hydrogen-bond acceptors (Lipinski definition) is 5. The minimum atomic E-state index is -1.68. The van der Waals surface area contributed by atoms with Crippen LogP contribution in [-0.4, -0.2) is 35.8 Å². The Hall–Kier alpha value is -2.77. The molecular formula is C12H10FNO6. The zero-order valence-electron chi connectivity index (χ0n) is 10.1. The van der Waals surface area contributed by atoms with E-state index in [1.807, 2.05) is 0 Å². The molecule has 8 heteroatoms. The molecule has 1 aromatic rings. The molecule has 0 saturated carbocycles. The molecule has 20 heavy (non-hydrogen) atoms. The highest BCUT2D eigenvalue weighted by Crippen LogP contribution is 2.19. The van der Waals surface area contributed by atoms with Crippen molar-refractivity contribution in [2.24, 2.45) is 5.73 Å². The quantitative estimate of drug-likeness (QED) is 0.555. The van der Waals surface area contributed by atoms with Gasteiger partial charge in [0.15, 0.2) is 6.29 Å². The molecule has 3 N–H and O–H groups in total. The number of ether oxygens (including phenoxy) is 1. The molecule has 0 fully saturated rings. The van der Waals surface area contributed by atoms with E-state index in [0.29, 0.717) is 6.29 Å². The van der Waals surface area contributed by atoms with Gasteiger partial charge in [-0.1, -0.05) is 6.07 Å². The van der Waals surface area contributed by atoms with E-state index in [2.05, 4.69) is 4.74 Å². The second kappa shape index (κ2) is 6.41. The van der Waals surface area contributed by atoms with Crippen molar-refractivity contribution in [3.63, 3.8) is 0 Å². The maximum atomic E-state index is 13.4. The van der Waals surface area contributed by atoms with Gasteiger partial charge in [0.05, 0.1) is 12.0 Å². The summed E-state index contributed by atoms with van der Waals surface area (Å²) in [7, 11) is 0. The molecule has 1 aromatic carbocycles. The van der Waals surface area contributed by atoms with Crippen LogP contribution in [0.25, 0.3) is 0 Å². The van der Waals surface area contributed by atoms with Crippen LogP contribution in [0.2, 0.25) is 0 Å². The molecule has 0 spiro atoms. The van der Waals surface area contributed by atoms with Gasteiger partial charge in [0, 0.05) is 0 Å². The van der Waals surface area contributed by atoms with E-state index >= 15 is 0 Å². The van der Waals surface area contributed by atoms with Gasteiger partial charge in [-0.2, -0.15) is 0 Å². The summed E-state index contributed by atoms with van der Waals surface area (Å²) < 4.78 is 17.9. The third-order valence-electron chi connectivity index (χ3n) is 2.35. The molecule has 0 aliphatic heterocycles. The highest BCUT2D eigenvalue weighted by Gasteiger charge is 2.24. The van der Waals surface area contributed by atoms with Crippen LogP contribution in [-0.2, 0) is 20.7 Å². The van der Waals surface area contributed by atoms with E-state index in [9.17, 15) is 23.6 Å². The van der Waals surface area contributed by atoms with Crippen LogP contribution in [0, 0.1) is 5.82 Å². The van der Waals surface area contributed by atoms with Crippen molar-refractivity contribution in [1.29, 1.82) is 0 Å². The summed E-state index contributed by atoms with van der Waals surface area (Å²) in [6.45, 7) is -0.474. The second-order valence-electron chi connectivity index (χ2n) is 3.65. The molecule has 0 aliphatic carbocycles. The van der Waals surface area contributed by atoms with Crippen LogP contribution < -0.4 is 5.73 Å². The number of carboxylic acid groups (broad SMARTS) is 1. The number of benzene rings is 1. The molecule has 1 amide bonds. The first-order chi connectivity index (χ1) is 9.38. The molecule has 0 saturated heterocycles. The maximum Gasteiger partial charge on any atom is 0.339 e. The zero-order chi connectivity index (χ0) is 15.3. The molecule has 0 aliphatic rings. The van der Waals surface area contributed by atoms with Gasteiger partial charge in [-0.25, -0.2) is 9.18 Å². The Balaban J connectivity index is 3.23. The standard InChI is InChI=1S/C12H10FNO6/c13-7-2-1-6(5-8(16)20-4-3-15)9(11(14)17)10(7)12(18)19/h1-3H,4-5H2,(H2,14,17)(H,18,19). The van der Waals surface area contributed by atoms with Crippen LogP contribution in [0.15, 0.2) is 12.1 Å². The average molecular weight is 283 g/mol. The number of aldehydes is 1. The minimum absolute atomic E-state index is 0.0906. The Labute approximate surface area is 112 Å². The number of nitrogens with two attached hydrogens (primary N) is 1. The zero-order valence-corrected chi connectivity index (χ0v) is 10.1. The first-order valence-corrected chi connectivity index (χ1v) is 5.32. The second-order valence-corrected chi connectivity index (χ2v) is 3.65. The molecule has 0 radical (unpaired) electrons. The fraction of sp³-hybridized carbons (Fsp3) is 0.167. The Morgan fingerprint density at radius 1 is 1.30 bits per heavy atom. The van der Waals surface area contributed by atoms with Gasteiger partial charge in [-0.15, -0.1) is 0 Å². The molecule has 0 aromatic heterocycles. The van der Waals surface area contributed by atoms with Crippen LogP contribution in [0.1, 0.15) is 26.3 Å². The predicted molar refractivity (Wildman–Crippen MR) is 62.6 cm³/mol. The summed E-state index contributed by atoms with van der Waals surface area (Å²) in [6, 6.07) is 1.86. The number of carbonyl (C=O) groups excluding carboxylic acids is 3. The largest absolute Gasteiger partial charge is 0.478 e. The smallest absolute Gasteiger partial charge is 0.339 e. The predicted octanol–water partition coefficient (Wildman–Crippen LogP) is -0.0926. The van der Waals surface area contributed by atoms with E-state index in [1.54, 1.807) is 0 Å². The molecule has 0 bridgehead atoms. The lowest BCUT2D eigenvalue weighted by atomic mass is 9.97. The summed E-state index contributed by atoms with van der Waals surface area (Å²) in [6.07, 6.45) is -0.160. The summed E-state index contributed by atoms with van der Waals surface area (Å²) in [4.78, 5) is 43.6. The molecule has 1 rings (SSSR count). The van der Waals surface area contributed by atoms with E-state index in [4.69, 9.17) is 10.8 Å². The number of amides is 1. The number of halogens is 1. The molecule has 106 valence electrons. The van der Waals surface area contributed by atoms with Gasteiger partial charge in [-0.05, 0) is 11.6 Å². The monoisotopic (exact) mass is 283 g/mol. The van der Waals surface area contributed by atoms with Crippen LogP contribution in [0.3, 0.4) is 0 Å². The number of carboxylic acids is 1. The molecule has 0 heterocycles. The number of hydrogen-bond donors (Lipinski definition) is 2. The number of esters is 1. The Kier molecular flexibility index (Phi) is 4.90. The van der Waals surface area contributed by atoms with E-state index in [-0.39, 0.29) is 5.56 Å². The summed E-state index contributed by atoms with van der Waals surface area (Å²) in [5.41, 5.74) is 3.43. The average Bonchev–Trinajstić information content (AvgIpc) is 2.37. The van der Waals surface area contributed by atoms with Crippen molar-refractivity contribution >= 4 is 24.1 Å². The lowest BCUT2D eigenvalue weighted by Gasteiger charge is -2.10. The number of rotatable bonds is 6. The SMILES string of the molecule is NC(=O)c1c(CC(=O)OCC=O)ccc(F)c1C(=O)O. The maximum absolute atomic E-state index is 13.4. The van der Waals surface area contributed by atoms with Crippen molar-refractivity contribution in [2.45, 2.75) is 6.42 Å². The van der Waals surface area contributed by atoms with Gasteiger partial charge in [0.1, 0.15) is 18.0 Å². The molecular weight excluding hydrogens is 273 g/mol. The van der Waals surface area contributed by atoms with Gasteiger partial charge in [0.2, 0.25) is 5.91 Å². The van der Waals surface area contributed by atoms with Gasteiger partial charge >= 0.3 is 11.9 Å². The first kappa shape index (κ1) is 15.3. The topological polar surface area (TPSA) is 124 Å². The van der Waals surface area contributed by atoms with E-state index in [0.717, 1.165) is 12.1 Å². The molecule has 0 atom stereocenters. The summed E-state index contributed by atoms with van der Waals surface area (Å²) in [5.74, 6) is -4.88. The van der Waals surface area contributed by atoms with Crippen LogP contribution >= 0.6 is 0 Å². The fourth-order valence-corrected chi connectivity index (χ4v) is 1.59. The fourth-order valence-electron chi connectivity index (χ4n) is 1.59. The number of carbonyl (C=O) groups is 4. The van der Waals surface area contributed by atoms with Crippen molar-refractivity contribution in [3.8, 4) is 0 Å². The van der Waals surface area contributed by atoms with Gasteiger partial charge in [0.25, 0.3) is 0 Å². The van der Waals surface area contributed by atoms with Crippen molar-refractivity contribution in [1.82, 2.24) is 0 Å². The van der Waals surface area contributed by atoms with Gasteiger partial charge in [-0.3, -0.25) is 14.4 Å². The van der Waals surface area contributed by atoms with E-state index in [1.165, 1.54) is 0 Å². The summed E-state index contributed by atoms with van der Waals surface area (Å²) in [5, 5.41) is 8.89. The minimum Gasteiger partial charge on any atom is -0.478 e. The van der Waals surface area contributed by atoms with E-state index < -0.39 is 47.8 Å². The third-order valence-corrected chi connectivity index (χ3v) is 2.35. The molecule has 7 nitrogen and oxygen atoms in total. The number of primary amides is 1. The number of aromatic carboxylic acids is 1. The Bertz CT molecular complexity index is 584. The summed E-state index contributed by atoms with van der Waals surface area (Å²) >= 11 is 0. The van der Waals surface area contributed by atoms with Crippen molar-refractivity contribution in [3.05, 3.63) is 34.6 Å². The van der Waals surface area contributed by atoms with Crippen LogP contribution in [0.5, 0.6) is 0 Å². The third kappa shape index (κ3) is 3.37. The van der Waals surface area contributed by atoms with Gasteiger partial charge < -0.3 is 15.6 Å². The highest BCUT2D eigenvalue weighted by atomic mass is 19.1. The Morgan fingerprint density at radius 3 is 2.45 bits per heavy atom. The highest BCUT2D eigenvalue weighted by molar-refractivity contribution is 6.06. The van der Waals surface area contributed by atoms with Crippen molar-refractivity contribution < 1.29 is 33.4 Å². The molecule has 0 unspecified atom stereocenters. The Morgan fingerprint density at radius 2 is 1.95 bits per heavy atom.